The number of benzene rings is 3. The van der Waals surface area contributed by atoms with Crippen LogP contribution in [0.3, 0.4) is 0 Å². The van der Waals surface area contributed by atoms with E-state index in [1.807, 2.05) is 55.5 Å². The zero-order valence-corrected chi connectivity index (χ0v) is 28.5. The number of pyridine rings is 1. The maximum Gasteiger partial charge on any atom is 0.323 e. The topological polar surface area (TPSA) is 133 Å². The fourth-order valence-corrected chi connectivity index (χ4v) is 6.45. The van der Waals surface area contributed by atoms with Gasteiger partial charge in [0.15, 0.2) is 5.60 Å². The molecule has 0 saturated carbocycles. The van der Waals surface area contributed by atoms with Gasteiger partial charge < -0.3 is 25.3 Å². The first-order valence-corrected chi connectivity index (χ1v) is 16.8. The van der Waals surface area contributed by atoms with Crippen LogP contribution in [0.25, 0.3) is 11.1 Å². The largest absolute Gasteiger partial charge is 0.393 e. The number of alkyl halides is 2. The molecule has 0 aliphatic carbocycles. The normalized spacial score (nSPS) is 15.9. The fourth-order valence-electron chi connectivity index (χ4n) is 6.45. The molecule has 15 heteroatoms. The molecule has 2 aromatic heterocycles. The number of rotatable bonds is 12. The summed E-state index contributed by atoms with van der Waals surface area (Å²) in [6.07, 6.45) is 2.07. The molecule has 1 aliphatic rings. The fraction of sp³-hybridized carbons (Fsp3) is 0.324. The van der Waals surface area contributed by atoms with Crippen LogP contribution in [0.2, 0.25) is 0 Å². The molecule has 3 aromatic carbocycles. The number of aliphatic hydroxyl groups is 2. The van der Waals surface area contributed by atoms with Crippen LogP contribution < -0.4 is 15.1 Å². The Morgan fingerprint density at radius 2 is 1.52 bits per heavy atom. The summed E-state index contributed by atoms with van der Waals surface area (Å²) in [5, 5.41) is 34.5. The van der Waals surface area contributed by atoms with E-state index in [2.05, 4.69) is 35.6 Å². The Bertz CT molecular complexity index is 1960. The van der Waals surface area contributed by atoms with Gasteiger partial charge in [-0.1, -0.05) is 25.1 Å². The van der Waals surface area contributed by atoms with Gasteiger partial charge in [0.25, 0.3) is 0 Å². The Hall–Kier alpha value is -5.41. The highest BCUT2D eigenvalue weighted by Gasteiger charge is 2.58. The van der Waals surface area contributed by atoms with Crippen molar-refractivity contribution in [2.45, 2.75) is 44.4 Å². The minimum atomic E-state index is -4.16. The smallest absolute Gasteiger partial charge is 0.323 e. The van der Waals surface area contributed by atoms with Crippen molar-refractivity contribution in [3.05, 3.63) is 114 Å². The Kier molecular flexibility index (Phi) is 10.5. The molecule has 11 nitrogen and oxygen atoms in total. The van der Waals surface area contributed by atoms with Crippen LogP contribution in [0.1, 0.15) is 31.5 Å². The van der Waals surface area contributed by atoms with Crippen LogP contribution in [0.4, 0.5) is 34.6 Å². The van der Waals surface area contributed by atoms with E-state index in [1.54, 1.807) is 6.92 Å². The molecule has 0 radical (unpaired) electrons. The summed E-state index contributed by atoms with van der Waals surface area (Å²) in [5.74, 6) is -7.18. The average molecular weight is 719 g/mol. The second-order valence-corrected chi connectivity index (χ2v) is 12.8. The van der Waals surface area contributed by atoms with Gasteiger partial charge in [-0.05, 0) is 83.9 Å². The Morgan fingerprint density at radius 3 is 2.04 bits per heavy atom. The molecule has 1 amide bonds. The van der Waals surface area contributed by atoms with Crippen molar-refractivity contribution in [2.75, 3.05) is 41.3 Å². The first kappa shape index (κ1) is 36.4. The highest BCUT2D eigenvalue weighted by atomic mass is 19.3. The molecule has 3 unspecified atom stereocenters. The third kappa shape index (κ3) is 7.46. The van der Waals surface area contributed by atoms with E-state index >= 15 is 8.78 Å². The second-order valence-electron chi connectivity index (χ2n) is 12.8. The summed E-state index contributed by atoms with van der Waals surface area (Å²) in [4.78, 5) is 21.0. The third-order valence-corrected chi connectivity index (χ3v) is 9.47. The van der Waals surface area contributed by atoms with Gasteiger partial charge in [0.05, 0.1) is 18.6 Å². The van der Waals surface area contributed by atoms with E-state index in [0.29, 0.717) is 23.7 Å². The molecule has 52 heavy (non-hydrogen) atoms. The number of nitrogens with zero attached hydrogens (tertiary/aromatic N) is 7. The maximum atomic E-state index is 16.1. The van der Waals surface area contributed by atoms with E-state index in [1.165, 1.54) is 12.3 Å². The minimum absolute atomic E-state index is 0.206. The number of piperazine rings is 1. The highest BCUT2D eigenvalue weighted by molar-refractivity contribution is 5.93. The molecule has 1 fully saturated rings. The number of nitrogens with one attached hydrogen (secondary N) is 1. The monoisotopic (exact) mass is 718 g/mol. The van der Waals surface area contributed by atoms with E-state index in [4.69, 9.17) is 0 Å². The number of aromatic nitrogens is 5. The van der Waals surface area contributed by atoms with Crippen molar-refractivity contribution in [3.8, 4) is 11.1 Å². The molecular weight excluding hydrogens is 680 g/mol. The molecule has 272 valence electrons. The van der Waals surface area contributed by atoms with Gasteiger partial charge in [-0.15, -0.1) is 5.10 Å². The first-order valence-electron chi connectivity index (χ1n) is 16.8. The van der Waals surface area contributed by atoms with Crippen molar-refractivity contribution >= 4 is 23.0 Å². The number of halogens is 4. The van der Waals surface area contributed by atoms with Gasteiger partial charge >= 0.3 is 5.92 Å². The predicted molar refractivity (Wildman–Crippen MR) is 187 cm³/mol. The molecular formula is C37H38F4N8O3. The number of hydrogen-bond donors (Lipinski definition) is 3. The molecule has 1 saturated heterocycles. The van der Waals surface area contributed by atoms with Crippen molar-refractivity contribution in [1.29, 1.82) is 0 Å². The van der Waals surface area contributed by atoms with Crippen LogP contribution in [0.15, 0.2) is 91.4 Å². The van der Waals surface area contributed by atoms with Gasteiger partial charge in [-0.25, -0.2) is 13.5 Å². The summed E-state index contributed by atoms with van der Waals surface area (Å²) >= 11 is 0. The van der Waals surface area contributed by atoms with Crippen LogP contribution in [-0.2, 0) is 22.9 Å². The summed E-state index contributed by atoms with van der Waals surface area (Å²) in [7, 11) is 0. The molecule has 6 rings (SSSR count). The van der Waals surface area contributed by atoms with Crippen LogP contribution in [-0.4, -0.2) is 73.6 Å². The highest BCUT2D eigenvalue weighted by Crippen LogP contribution is 2.47. The number of anilines is 3. The predicted octanol–water partition coefficient (Wildman–Crippen LogP) is 5.37. The quantitative estimate of drug-likeness (QED) is 0.146. The minimum Gasteiger partial charge on any atom is -0.393 e. The Labute approximate surface area is 297 Å². The Morgan fingerprint density at radius 1 is 0.904 bits per heavy atom. The lowest BCUT2D eigenvalue weighted by molar-refractivity contribution is -0.207. The lowest BCUT2D eigenvalue weighted by atomic mass is 9.84. The first-order chi connectivity index (χ1) is 24.9. The SMILES string of the molecule is CCC(C(=O)Nc1ccc(N2CCN(c3ccc(-c4ccc(C(F)(F)C(O)(Cn5cnnn5)c5ccc(F)cc5F)nc4)cc3)CC2)cc1)C(C)O. The Balaban J connectivity index is 1.10. The molecule has 3 N–H and O–H groups in total. The van der Waals surface area contributed by atoms with E-state index in [9.17, 15) is 23.8 Å². The van der Waals surface area contributed by atoms with Crippen LogP contribution >= 0.6 is 0 Å². The van der Waals surface area contributed by atoms with E-state index in [0.717, 1.165) is 72.3 Å². The third-order valence-electron chi connectivity index (χ3n) is 9.47. The zero-order chi connectivity index (χ0) is 37.0. The number of aliphatic hydroxyl groups excluding tert-OH is 1. The molecule has 3 heterocycles. The van der Waals surface area contributed by atoms with Gasteiger partial charge in [-0.2, -0.15) is 8.78 Å². The standard InChI is InChI=1S/C37H38F4N8O3/c1-3-31(24(2)50)35(51)44-28-8-12-30(13-9-28)48-18-16-47(17-19-48)29-10-4-25(5-11-29)26-6-15-34(42-21-26)37(40,41)36(52,22-49-23-43-45-46-49)32-14-7-27(38)20-33(32)39/h4-15,20-21,23-24,31,50,52H,3,16-19,22H2,1-2H3,(H,44,51). The van der Waals surface area contributed by atoms with Gasteiger partial charge in [0, 0.05) is 66.6 Å². The summed E-state index contributed by atoms with van der Waals surface area (Å²) < 4.78 is 61.6. The maximum absolute atomic E-state index is 16.1. The van der Waals surface area contributed by atoms with Gasteiger partial charge in [-0.3, -0.25) is 9.78 Å². The van der Waals surface area contributed by atoms with Crippen molar-refractivity contribution in [3.63, 3.8) is 0 Å². The van der Waals surface area contributed by atoms with Crippen molar-refractivity contribution in [2.24, 2.45) is 5.92 Å². The molecule has 5 aromatic rings. The van der Waals surface area contributed by atoms with E-state index in [-0.39, 0.29) is 5.91 Å². The van der Waals surface area contributed by atoms with Gasteiger partial charge in [0.2, 0.25) is 5.91 Å². The van der Waals surface area contributed by atoms with Crippen molar-refractivity contribution in [1.82, 2.24) is 25.2 Å². The zero-order valence-electron chi connectivity index (χ0n) is 28.5. The lowest BCUT2D eigenvalue weighted by Gasteiger charge is -2.37. The number of carbonyl (C=O) groups is 1. The molecule has 0 spiro atoms. The number of hydrogen-bond acceptors (Lipinski definition) is 9. The molecule has 1 aliphatic heterocycles. The van der Waals surface area contributed by atoms with Crippen LogP contribution in [0, 0.1) is 17.6 Å². The second kappa shape index (κ2) is 15.1. The number of tetrazole rings is 1. The summed E-state index contributed by atoms with van der Waals surface area (Å²) in [5.41, 5.74) is -0.912. The van der Waals surface area contributed by atoms with E-state index < -0.39 is 53.0 Å². The van der Waals surface area contributed by atoms with Gasteiger partial charge in [0.1, 0.15) is 23.7 Å². The van der Waals surface area contributed by atoms with Crippen LogP contribution in [0.5, 0.6) is 0 Å². The van der Waals surface area contributed by atoms with Crippen molar-refractivity contribution < 1.29 is 32.6 Å². The number of carbonyl (C=O) groups excluding carboxylic acids is 1. The molecule has 3 atom stereocenters. The summed E-state index contributed by atoms with van der Waals surface area (Å²) in [6.45, 7) is 5.61. The molecule has 0 bridgehead atoms. The number of amides is 1. The summed E-state index contributed by atoms with van der Waals surface area (Å²) in [6, 6.07) is 19.8. The lowest BCUT2D eigenvalue weighted by Crippen LogP contribution is -2.48. The average Bonchev–Trinajstić information content (AvgIpc) is 3.65.